The van der Waals surface area contributed by atoms with Gasteiger partial charge in [0.2, 0.25) is 5.91 Å². The molecule has 1 fully saturated rings. The maximum absolute atomic E-state index is 12.8. The van der Waals surface area contributed by atoms with Gasteiger partial charge in [0.25, 0.3) is 0 Å². The minimum atomic E-state index is -0.395. The molecule has 5 nitrogen and oxygen atoms in total. The van der Waals surface area contributed by atoms with Gasteiger partial charge < -0.3 is 9.64 Å². The highest BCUT2D eigenvalue weighted by Crippen LogP contribution is 2.32. The molecule has 1 heterocycles. The van der Waals surface area contributed by atoms with E-state index in [1.165, 1.54) is 11.3 Å². The quantitative estimate of drug-likeness (QED) is 0.645. The molecule has 1 aromatic heterocycles. The summed E-state index contributed by atoms with van der Waals surface area (Å²) in [4.78, 5) is 30.8. The van der Waals surface area contributed by atoms with Crippen LogP contribution in [0, 0.1) is 11.3 Å². The van der Waals surface area contributed by atoms with Crippen molar-refractivity contribution < 1.29 is 14.3 Å². The zero-order valence-electron chi connectivity index (χ0n) is 16.0. The fourth-order valence-corrected chi connectivity index (χ4v) is 3.93. The van der Waals surface area contributed by atoms with E-state index < -0.39 is 5.97 Å². The Morgan fingerprint density at radius 3 is 2.64 bits per heavy atom. The van der Waals surface area contributed by atoms with E-state index in [1.54, 1.807) is 12.3 Å². The van der Waals surface area contributed by atoms with Crippen molar-refractivity contribution in [1.82, 2.24) is 9.88 Å². The van der Waals surface area contributed by atoms with Gasteiger partial charge in [-0.25, -0.2) is 9.78 Å². The number of rotatable bonds is 8. The highest BCUT2D eigenvalue weighted by molar-refractivity contribution is 7.09. The Labute approximate surface area is 154 Å². The van der Waals surface area contributed by atoms with Gasteiger partial charge in [0.05, 0.1) is 13.2 Å². The van der Waals surface area contributed by atoms with E-state index in [2.05, 4.69) is 32.7 Å². The topological polar surface area (TPSA) is 59.5 Å². The summed E-state index contributed by atoms with van der Waals surface area (Å²) in [5.41, 5.74) is 0.569. The highest BCUT2D eigenvalue weighted by atomic mass is 32.1. The summed E-state index contributed by atoms with van der Waals surface area (Å²) in [6, 6.07) is 0.337. The van der Waals surface area contributed by atoms with Gasteiger partial charge in [-0.15, -0.1) is 11.3 Å². The highest BCUT2D eigenvalue weighted by Gasteiger charge is 2.34. The largest absolute Gasteiger partial charge is 0.461 e. The Kier molecular flexibility index (Phi) is 6.60. The van der Waals surface area contributed by atoms with Crippen molar-refractivity contribution in [2.45, 2.75) is 72.9 Å². The van der Waals surface area contributed by atoms with E-state index in [0.29, 0.717) is 37.2 Å². The van der Waals surface area contributed by atoms with Crippen molar-refractivity contribution in [2.75, 3.05) is 6.61 Å². The lowest BCUT2D eigenvalue weighted by molar-refractivity contribution is -0.133. The lowest BCUT2D eigenvalue weighted by Crippen LogP contribution is -2.34. The molecule has 25 heavy (non-hydrogen) atoms. The number of carbonyl (C=O) groups excluding carboxylic acids is 2. The average Bonchev–Trinajstić information content (AvgIpc) is 3.20. The summed E-state index contributed by atoms with van der Waals surface area (Å²) in [7, 11) is 0. The molecule has 0 aromatic carbocycles. The van der Waals surface area contributed by atoms with Crippen molar-refractivity contribution >= 4 is 23.2 Å². The Balaban J connectivity index is 1.97. The van der Waals surface area contributed by atoms with Gasteiger partial charge in [-0.3, -0.25) is 4.79 Å². The standard InChI is InChI=1S/C19H30N2O3S/c1-6-24-18(23)15-12-25-16(20-15)11-21(14-7-8-14)17(22)9-13(2)10-19(3,4)5/h12-14H,6-11H2,1-5H3/t13-/m1/s1. The Bertz CT molecular complexity index is 602. The Hall–Kier alpha value is -1.43. The van der Waals surface area contributed by atoms with Crippen LogP contribution in [0.4, 0.5) is 0 Å². The molecular formula is C19H30N2O3S. The van der Waals surface area contributed by atoms with Crippen molar-refractivity contribution in [2.24, 2.45) is 11.3 Å². The molecule has 1 atom stereocenters. The number of hydrogen-bond acceptors (Lipinski definition) is 5. The van der Waals surface area contributed by atoms with E-state index in [4.69, 9.17) is 4.74 Å². The first-order chi connectivity index (χ1) is 11.7. The summed E-state index contributed by atoms with van der Waals surface area (Å²) in [6.07, 6.45) is 3.73. The molecule has 0 aliphatic heterocycles. The summed E-state index contributed by atoms with van der Waals surface area (Å²) >= 11 is 1.42. The molecule has 0 N–H and O–H groups in total. The van der Waals surface area contributed by atoms with Gasteiger partial charge in [0.15, 0.2) is 5.69 Å². The summed E-state index contributed by atoms with van der Waals surface area (Å²) in [5.74, 6) is 0.167. The Morgan fingerprint density at radius 1 is 1.40 bits per heavy atom. The van der Waals surface area contributed by atoms with Gasteiger partial charge in [0.1, 0.15) is 5.01 Å². The molecule has 1 amide bonds. The lowest BCUT2D eigenvalue weighted by atomic mass is 9.84. The average molecular weight is 367 g/mol. The van der Waals surface area contributed by atoms with Crippen molar-refractivity contribution in [3.05, 3.63) is 16.1 Å². The van der Waals surface area contributed by atoms with E-state index in [1.807, 2.05) is 4.90 Å². The van der Waals surface area contributed by atoms with Gasteiger partial charge in [-0.05, 0) is 37.5 Å². The van der Waals surface area contributed by atoms with Crippen LogP contribution in [-0.4, -0.2) is 34.4 Å². The van der Waals surface area contributed by atoms with Crippen molar-refractivity contribution in [3.63, 3.8) is 0 Å². The maximum atomic E-state index is 12.8. The third kappa shape index (κ3) is 6.42. The van der Waals surface area contributed by atoms with E-state index in [0.717, 1.165) is 24.3 Å². The van der Waals surface area contributed by atoms with Crippen molar-refractivity contribution in [1.29, 1.82) is 0 Å². The van der Waals surface area contributed by atoms with Gasteiger partial charge in [-0.2, -0.15) is 0 Å². The number of aromatic nitrogens is 1. The van der Waals surface area contributed by atoms with Crippen LogP contribution in [0.2, 0.25) is 0 Å². The fourth-order valence-electron chi connectivity index (χ4n) is 3.17. The molecule has 0 unspecified atom stereocenters. The molecule has 0 spiro atoms. The number of thiazole rings is 1. The second-order valence-electron chi connectivity index (χ2n) is 8.17. The second kappa shape index (κ2) is 8.30. The molecule has 1 saturated carbocycles. The monoisotopic (exact) mass is 366 g/mol. The summed E-state index contributed by atoms with van der Waals surface area (Å²) in [6.45, 7) is 11.4. The third-order valence-electron chi connectivity index (χ3n) is 4.13. The normalized spacial score (nSPS) is 15.7. The van der Waals surface area contributed by atoms with Gasteiger partial charge in [0, 0.05) is 17.8 Å². The predicted octanol–water partition coefficient (Wildman–Crippen LogP) is 4.27. The fraction of sp³-hybridized carbons (Fsp3) is 0.737. The molecule has 140 valence electrons. The first-order valence-corrected chi connectivity index (χ1v) is 9.98. The van der Waals surface area contributed by atoms with Crippen LogP contribution in [0.5, 0.6) is 0 Å². The van der Waals surface area contributed by atoms with Crippen LogP contribution in [0.1, 0.15) is 75.8 Å². The van der Waals surface area contributed by atoms with E-state index in [9.17, 15) is 9.59 Å². The molecule has 0 bridgehead atoms. The second-order valence-corrected chi connectivity index (χ2v) is 9.12. The number of esters is 1. The summed E-state index contributed by atoms with van der Waals surface area (Å²) < 4.78 is 4.98. The lowest BCUT2D eigenvalue weighted by Gasteiger charge is -2.26. The van der Waals surface area contributed by atoms with Crippen LogP contribution in [0.3, 0.4) is 0 Å². The molecule has 1 aliphatic rings. The number of hydrogen-bond donors (Lipinski definition) is 0. The van der Waals surface area contributed by atoms with Crippen LogP contribution in [-0.2, 0) is 16.1 Å². The predicted molar refractivity (Wildman–Crippen MR) is 99.5 cm³/mol. The third-order valence-corrected chi connectivity index (χ3v) is 4.97. The molecule has 1 aliphatic carbocycles. The minimum absolute atomic E-state index is 0.201. The SMILES string of the molecule is CCOC(=O)c1csc(CN(C(=O)C[C@@H](C)CC(C)(C)C)C2CC2)n1. The van der Waals surface area contributed by atoms with Crippen molar-refractivity contribution in [3.8, 4) is 0 Å². The van der Waals surface area contributed by atoms with Crippen LogP contribution in [0.15, 0.2) is 5.38 Å². The molecule has 2 rings (SSSR count). The molecular weight excluding hydrogens is 336 g/mol. The minimum Gasteiger partial charge on any atom is -0.461 e. The molecule has 0 saturated heterocycles. The number of carbonyl (C=O) groups is 2. The van der Waals surface area contributed by atoms with E-state index in [-0.39, 0.29) is 11.3 Å². The molecule has 6 heteroatoms. The number of nitrogens with zero attached hydrogens (tertiary/aromatic N) is 2. The first kappa shape index (κ1) is 19.9. The zero-order valence-corrected chi connectivity index (χ0v) is 16.8. The number of amides is 1. The van der Waals surface area contributed by atoms with Crippen LogP contribution < -0.4 is 0 Å². The van der Waals surface area contributed by atoms with E-state index >= 15 is 0 Å². The maximum Gasteiger partial charge on any atom is 0.357 e. The smallest absolute Gasteiger partial charge is 0.357 e. The van der Waals surface area contributed by atoms with Gasteiger partial charge in [-0.1, -0.05) is 27.7 Å². The zero-order chi connectivity index (χ0) is 18.6. The Morgan fingerprint density at radius 2 is 2.08 bits per heavy atom. The van der Waals surface area contributed by atoms with Crippen LogP contribution in [0.25, 0.3) is 0 Å². The molecule has 1 aromatic rings. The van der Waals surface area contributed by atoms with Crippen LogP contribution >= 0.6 is 11.3 Å². The molecule has 0 radical (unpaired) electrons. The summed E-state index contributed by atoms with van der Waals surface area (Å²) in [5, 5.41) is 2.51. The number of ether oxygens (including phenoxy) is 1. The first-order valence-electron chi connectivity index (χ1n) is 9.10. The van der Waals surface area contributed by atoms with Gasteiger partial charge >= 0.3 is 5.97 Å².